The van der Waals surface area contributed by atoms with Gasteiger partial charge in [-0.05, 0) is 80.0 Å². The number of nitrogens with zero attached hydrogens (tertiary/aromatic N) is 4. The summed E-state index contributed by atoms with van der Waals surface area (Å²) in [7, 11) is 0. The van der Waals surface area contributed by atoms with E-state index in [9.17, 15) is 30.9 Å². The van der Waals surface area contributed by atoms with E-state index in [2.05, 4.69) is 19.9 Å². The Morgan fingerprint density at radius 2 is 1.79 bits per heavy atom. The van der Waals surface area contributed by atoms with Gasteiger partial charge in [-0.2, -0.15) is 21.0 Å². The average Bonchev–Trinajstić information content (AvgIpc) is 3.16. The smallest absolute Gasteiger partial charge is 0.179 e. The fraction of sp³-hybridized carbons (Fsp3) is 0.741. The van der Waals surface area contributed by atoms with Crippen LogP contribution in [0.4, 0.5) is 0 Å². The second kappa shape index (κ2) is 8.28. The number of ketones is 1. The molecule has 0 radical (unpaired) electrons. The maximum atomic E-state index is 13.5. The number of rotatable bonds is 4. The van der Waals surface area contributed by atoms with Gasteiger partial charge in [0.2, 0.25) is 0 Å². The number of allylic oxidation sites excluding steroid dienone is 1. The molecule has 3 saturated carbocycles. The monoisotopic (exact) mass is 444 g/mol. The lowest BCUT2D eigenvalue weighted by Gasteiger charge is -2.58. The predicted molar refractivity (Wildman–Crippen MR) is 119 cm³/mol. The van der Waals surface area contributed by atoms with E-state index in [-0.39, 0.29) is 35.1 Å². The molecule has 0 spiro atoms. The first kappa shape index (κ1) is 23.5. The molecule has 4 aliphatic rings. The molecule has 3 fully saturated rings. The zero-order chi connectivity index (χ0) is 24.0. The Kier molecular flexibility index (Phi) is 5.89. The summed E-state index contributed by atoms with van der Waals surface area (Å²) in [6, 6.07) is 7.16. The highest BCUT2D eigenvalue weighted by molar-refractivity contribution is 5.84. The normalized spacial score (nSPS) is 39.5. The maximum Gasteiger partial charge on any atom is 0.179 e. The van der Waals surface area contributed by atoms with E-state index in [1.165, 1.54) is 5.57 Å². The molecule has 0 aromatic rings. The van der Waals surface area contributed by atoms with E-state index < -0.39 is 11.3 Å². The Morgan fingerprint density at radius 1 is 1.09 bits per heavy atom. The lowest BCUT2D eigenvalue weighted by molar-refractivity contribution is -0.131. The van der Waals surface area contributed by atoms with Gasteiger partial charge in [-0.15, -0.1) is 0 Å². The Balaban J connectivity index is 1.58. The first-order valence-electron chi connectivity index (χ1n) is 12.2. The molecule has 4 aliphatic carbocycles. The van der Waals surface area contributed by atoms with Crippen molar-refractivity contribution in [3.8, 4) is 24.3 Å². The molecule has 0 amide bonds. The highest BCUT2D eigenvalue weighted by atomic mass is 16.3. The average molecular weight is 445 g/mol. The highest BCUT2D eigenvalue weighted by Crippen LogP contribution is 2.66. The number of nitriles is 4. The fourth-order valence-corrected chi connectivity index (χ4v) is 8.15. The summed E-state index contributed by atoms with van der Waals surface area (Å²) in [4.78, 5) is 13.5. The zero-order valence-corrected chi connectivity index (χ0v) is 19.5. The van der Waals surface area contributed by atoms with Gasteiger partial charge in [-0.25, -0.2) is 0 Å². The van der Waals surface area contributed by atoms with Gasteiger partial charge in [0.15, 0.2) is 11.3 Å². The van der Waals surface area contributed by atoms with Gasteiger partial charge in [0, 0.05) is 12.3 Å². The molecule has 0 unspecified atom stereocenters. The Bertz CT molecular complexity index is 1010. The molecule has 4 rings (SSSR count). The summed E-state index contributed by atoms with van der Waals surface area (Å²) < 4.78 is 0. The minimum absolute atomic E-state index is 0.134. The van der Waals surface area contributed by atoms with E-state index in [1.807, 2.05) is 12.1 Å². The Labute approximate surface area is 196 Å². The Hall–Kier alpha value is -2.67. The van der Waals surface area contributed by atoms with Gasteiger partial charge in [0.1, 0.15) is 5.78 Å². The molecule has 0 bridgehead atoms. The molecule has 6 heteroatoms. The van der Waals surface area contributed by atoms with Crippen molar-refractivity contribution >= 4 is 5.78 Å². The van der Waals surface area contributed by atoms with Gasteiger partial charge in [-0.3, -0.25) is 4.79 Å². The minimum atomic E-state index is -1.91. The number of hydrogen-bond acceptors (Lipinski definition) is 6. The van der Waals surface area contributed by atoms with Crippen LogP contribution in [0.2, 0.25) is 0 Å². The molecule has 6 nitrogen and oxygen atoms in total. The number of aliphatic hydroxyl groups excluding tert-OH is 1. The highest BCUT2D eigenvalue weighted by Gasteiger charge is 2.60. The van der Waals surface area contributed by atoms with Crippen LogP contribution in [0, 0.1) is 91.2 Å². The molecule has 0 saturated heterocycles. The number of fused-ring (bicyclic) bond motifs is 5. The predicted octanol–water partition coefficient (Wildman–Crippen LogP) is 4.58. The van der Waals surface area contributed by atoms with Gasteiger partial charge >= 0.3 is 0 Å². The zero-order valence-electron chi connectivity index (χ0n) is 19.5. The van der Waals surface area contributed by atoms with Crippen molar-refractivity contribution in [1.82, 2.24) is 0 Å². The van der Waals surface area contributed by atoms with Crippen LogP contribution in [-0.2, 0) is 4.79 Å². The van der Waals surface area contributed by atoms with Crippen LogP contribution >= 0.6 is 0 Å². The van der Waals surface area contributed by atoms with Crippen LogP contribution in [0.15, 0.2) is 11.6 Å². The van der Waals surface area contributed by atoms with Crippen LogP contribution in [0.1, 0.15) is 71.6 Å². The quantitative estimate of drug-likeness (QED) is 0.631. The van der Waals surface area contributed by atoms with Crippen molar-refractivity contribution in [2.75, 3.05) is 0 Å². The van der Waals surface area contributed by atoms with E-state index >= 15 is 0 Å². The van der Waals surface area contributed by atoms with E-state index in [1.54, 1.807) is 12.1 Å². The first-order chi connectivity index (χ1) is 15.7. The molecule has 1 N–H and O–H groups in total. The third-order valence-electron chi connectivity index (χ3n) is 10.1. The Morgan fingerprint density at radius 3 is 2.42 bits per heavy atom. The SMILES string of the molecule is C[C@]12CC[C@@H]3[C@H](CC=C4C[C@@H](O)CC[C@@]43C)[C@@H]1CC[C@@H]2C(=O)CC(C#N)(C#N)C(C#N)C#N. The third kappa shape index (κ3) is 3.39. The summed E-state index contributed by atoms with van der Waals surface area (Å²) in [5.74, 6) is -0.345. The number of carbonyl (C=O) groups is 1. The van der Waals surface area contributed by atoms with E-state index in [0.29, 0.717) is 17.8 Å². The van der Waals surface area contributed by atoms with Crippen molar-refractivity contribution < 1.29 is 9.90 Å². The number of hydrogen-bond donors (Lipinski definition) is 1. The van der Waals surface area contributed by atoms with Crippen LogP contribution in [0.3, 0.4) is 0 Å². The number of Topliss-reactive ketones (excluding diaryl/α,β-unsaturated/α-hetero) is 1. The molecule has 33 heavy (non-hydrogen) atoms. The maximum absolute atomic E-state index is 13.5. The van der Waals surface area contributed by atoms with Crippen molar-refractivity contribution in [3.05, 3.63) is 11.6 Å². The molecular formula is C27H32N4O2. The molecule has 0 aromatic carbocycles. The van der Waals surface area contributed by atoms with Crippen LogP contribution in [0.25, 0.3) is 0 Å². The second-order valence-electron chi connectivity index (χ2n) is 11.4. The van der Waals surface area contributed by atoms with Crippen molar-refractivity contribution in [3.63, 3.8) is 0 Å². The molecule has 0 aromatic heterocycles. The number of aliphatic hydroxyl groups is 1. The van der Waals surface area contributed by atoms with E-state index in [0.717, 1.165) is 51.4 Å². The van der Waals surface area contributed by atoms with Gasteiger partial charge < -0.3 is 5.11 Å². The van der Waals surface area contributed by atoms with Crippen molar-refractivity contribution in [1.29, 1.82) is 21.0 Å². The molecule has 0 heterocycles. The largest absolute Gasteiger partial charge is 0.393 e. The van der Waals surface area contributed by atoms with Gasteiger partial charge in [0.25, 0.3) is 0 Å². The fourth-order valence-electron chi connectivity index (χ4n) is 8.15. The molecule has 0 aliphatic heterocycles. The van der Waals surface area contributed by atoms with Gasteiger partial charge in [-0.1, -0.05) is 25.5 Å². The van der Waals surface area contributed by atoms with E-state index in [4.69, 9.17) is 0 Å². The second-order valence-corrected chi connectivity index (χ2v) is 11.4. The van der Waals surface area contributed by atoms with Crippen LogP contribution < -0.4 is 0 Å². The van der Waals surface area contributed by atoms with Crippen LogP contribution in [-0.4, -0.2) is 17.0 Å². The van der Waals surface area contributed by atoms with Crippen molar-refractivity contribution in [2.24, 2.45) is 45.8 Å². The first-order valence-corrected chi connectivity index (χ1v) is 12.2. The summed E-state index contributed by atoms with van der Waals surface area (Å²) in [5, 5.41) is 48.1. The lowest BCUT2D eigenvalue weighted by atomic mass is 9.47. The third-order valence-corrected chi connectivity index (χ3v) is 10.1. The summed E-state index contributed by atoms with van der Waals surface area (Å²) >= 11 is 0. The summed E-state index contributed by atoms with van der Waals surface area (Å²) in [6.07, 6.45) is 9.12. The molecule has 172 valence electrons. The minimum Gasteiger partial charge on any atom is -0.393 e. The lowest BCUT2D eigenvalue weighted by Crippen LogP contribution is -2.51. The van der Waals surface area contributed by atoms with Gasteiger partial charge in [0.05, 0.1) is 30.4 Å². The topological polar surface area (TPSA) is 132 Å². The standard InChI is InChI=1S/C27H32N4O2/c1-25-9-7-19(32)11-17(25)3-4-20-21-5-6-23(26(21,2)10-8-22(20)25)24(33)12-27(15-30,16-31)18(13-28)14-29/h3,18-23,32H,4-12H2,1-2H3/t19-,20+,21-,22+,23+,25-,26-/m0/s1. The van der Waals surface area contributed by atoms with Crippen molar-refractivity contribution in [2.45, 2.75) is 77.7 Å². The van der Waals surface area contributed by atoms with Crippen LogP contribution in [0.5, 0.6) is 0 Å². The molecule has 7 atom stereocenters. The summed E-state index contributed by atoms with van der Waals surface area (Å²) in [6.45, 7) is 4.59. The summed E-state index contributed by atoms with van der Waals surface area (Å²) in [5.41, 5.74) is -0.538. The number of carbonyl (C=O) groups excluding carboxylic acids is 1. The molecular weight excluding hydrogens is 412 g/mol.